The summed E-state index contributed by atoms with van der Waals surface area (Å²) in [4.78, 5) is 19.2. The number of ether oxygens (including phenoxy) is 1. The molecule has 1 unspecified atom stereocenters. The van der Waals surface area contributed by atoms with Crippen LogP contribution in [-0.2, 0) is 6.42 Å². The Morgan fingerprint density at radius 3 is 2.67 bits per heavy atom. The zero-order chi connectivity index (χ0) is 28.4. The number of hydrogen-bond acceptors (Lipinski definition) is 7. The number of hydrogen-bond donors (Lipinski definition) is 1. The van der Waals surface area contributed by atoms with Gasteiger partial charge in [-0.2, -0.15) is 0 Å². The van der Waals surface area contributed by atoms with Crippen LogP contribution in [0, 0.1) is 12.8 Å². The molecule has 0 spiro atoms. The molecule has 6 rings (SSSR count). The molecule has 0 saturated heterocycles. The van der Waals surface area contributed by atoms with E-state index in [9.17, 15) is 9.90 Å². The third-order valence-electron chi connectivity index (χ3n) is 7.17. The second-order valence-electron chi connectivity index (χ2n) is 10.7. The van der Waals surface area contributed by atoms with Gasteiger partial charge in [-0.3, -0.25) is 4.79 Å². The summed E-state index contributed by atoms with van der Waals surface area (Å²) in [6, 6.07) is 17.9. The number of rotatable bonds is 4. The molecule has 8 heteroatoms. The highest BCUT2D eigenvalue weighted by molar-refractivity contribution is 7.99. The third-order valence-corrected chi connectivity index (χ3v) is 8.53. The Morgan fingerprint density at radius 1 is 1.10 bits per heavy atom. The minimum absolute atomic E-state index is 0.00958. The number of aryl methyl sites for hydroxylation is 1. The van der Waals surface area contributed by atoms with Gasteiger partial charge in [-0.05, 0) is 83.1 Å². The van der Waals surface area contributed by atoms with E-state index in [1.54, 1.807) is 13.0 Å². The Kier molecular flexibility index (Phi) is 8.64. The van der Waals surface area contributed by atoms with E-state index in [1.165, 1.54) is 27.2 Å². The first-order valence-corrected chi connectivity index (χ1v) is 14.8. The molecule has 0 amide bonds. The normalized spacial score (nSPS) is 15.8. The highest BCUT2D eigenvalue weighted by Gasteiger charge is 2.23. The van der Waals surface area contributed by atoms with E-state index in [-0.39, 0.29) is 16.6 Å². The molecule has 210 valence electrons. The summed E-state index contributed by atoms with van der Waals surface area (Å²) in [6.45, 7) is 6.53. The standard InChI is InChI=1S/C17H19ClN2S.C15H16O4/c1-19(2)10-5-11-20-14-6-3-4-7-16(14)21-17-9-8-13(18)12-15(17)20;1-8-3-4-10-12(18-7-8)6-13-14(15(10)17)11(16)5-9(2)19-13/h3-4,6-9,12H,5,10-11H2,1-2H3;5-6,8,17H,3-4,7H2,1-2H3. The lowest BCUT2D eigenvalue weighted by Gasteiger charge is -2.33. The van der Waals surface area contributed by atoms with Crippen molar-refractivity contribution in [2.45, 2.75) is 42.9 Å². The van der Waals surface area contributed by atoms with Gasteiger partial charge >= 0.3 is 0 Å². The number of benzene rings is 3. The maximum Gasteiger partial charge on any atom is 0.196 e. The number of aromatic hydroxyl groups is 1. The van der Waals surface area contributed by atoms with Gasteiger partial charge in [0.25, 0.3) is 0 Å². The van der Waals surface area contributed by atoms with Crippen molar-refractivity contribution in [2.75, 3.05) is 38.7 Å². The molecule has 1 N–H and O–H groups in total. The summed E-state index contributed by atoms with van der Waals surface area (Å²) in [5.41, 5.74) is 3.40. The van der Waals surface area contributed by atoms with Crippen molar-refractivity contribution in [3.8, 4) is 11.5 Å². The van der Waals surface area contributed by atoms with E-state index in [2.05, 4.69) is 67.2 Å². The largest absolute Gasteiger partial charge is 0.507 e. The van der Waals surface area contributed by atoms with Gasteiger partial charge in [0.2, 0.25) is 0 Å². The molecule has 0 saturated carbocycles. The van der Waals surface area contributed by atoms with Crippen LogP contribution in [0.25, 0.3) is 11.0 Å². The van der Waals surface area contributed by atoms with Gasteiger partial charge in [-0.1, -0.05) is 42.4 Å². The van der Waals surface area contributed by atoms with Gasteiger partial charge in [-0.15, -0.1) is 0 Å². The molecule has 2 aliphatic heterocycles. The lowest BCUT2D eigenvalue weighted by atomic mass is 10.00. The molecule has 0 radical (unpaired) electrons. The summed E-state index contributed by atoms with van der Waals surface area (Å²) in [5.74, 6) is 1.59. The number of nitrogens with zero attached hydrogens (tertiary/aromatic N) is 2. The smallest absolute Gasteiger partial charge is 0.196 e. The second-order valence-corrected chi connectivity index (χ2v) is 12.3. The Bertz CT molecular complexity index is 1590. The monoisotopic (exact) mass is 578 g/mol. The van der Waals surface area contributed by atoms with E-state index < -0.39 is 0 Å². The van der Waals surface area contributed by atoms with Crippen LogP contribution >= 0.6 is 23.4 Å². The fraction of sp³-hybridized carbons (Fsp3) is 0.344. The first kappa shape index (κ1) is 28.4. The van der Waals surface area contributed by atoms with Crippen molar-refractivity contribution in [1.82, 2.24) is 4.90 Å². The molecule has 6 nitrogen and oxygen atoms in total. The quantitative estimate of drug-likeness (QED) is 0.266. The van der Waals surface area contributed by atoms with Crippen LogP contribution in [0.15, 0.2) is 73.6 Å². The van der Waals surface area contributed by atoms with Gasteiger partial charge in [0.1, 0.15) is 28.2 Å². The number of anilines is 2. The average molecular weight is 579 g/mol. The fourth-order valence-electron chi connectivity index (χ4n) is 5.11. The first-order chi connectivity index (χ1) is 19.2. The van der Waals surface area contributed by atoms with E-state index in [4.69, 9.17) is 20.8 Å². The Morgan fingerprint density at radius 2 is 1.88 bits per heavy atom. The number of phenols is 1. The minimum atomic E-state index is -0.212. The Balaban J connectivity index is 0.000000162. The van der Waals surface area contributed by atoms with Crippen LogP contribution in [0.4, 0.5) is 11.4 Å². The van der Waals surface area contributed by atoms with Gasteiger partial charge in [0.15, 0.2) is 5.43 Å². The van der Waals surface area contributed by atoms with Crippen molar-refractivity contribution in [3.05, 3.63) is 81.2 Å². The van der Waals surface area contributed by atoms with Crippen LogP contribution in [0.5, 0.6) is 11.5 Å². The highest BCUT2D eigenvalue weighted by Crippen LogP contribution is 2.48. The molecule has 4 aromatic rings. The lowest BCUT2D eigenvalue weighted by Crippen LogP contribution is -2.25. The molecule has 1 atom stereocenters. The molecule has 3 heterocycles. The van der Waals surface area contributed by atoms with Crippen LogP contribution in [0.1, 0.15) is 31.1 Å². The number of fused-ring (bicyclic) bond motifs is 4. The van der Waals surface area contributed by atoms with Gasteiger partial charge in [0, 0.05) is 39.1 Å². The first-order valence-electron chi connectivity index (χ1n) is 13.6. The molecule has 0 bridgehead atoms. The zero-order valence-corrected chi connectivity index (χ0v) is 24.9. The lowest BCUT2D eigenvalue weighted by molar-refractivity contribution is 0.265. The van der Waals surface area contributed by atoms with Crippen LogP contribution in [-0.4, -0.2) is 43.8 Å². The highest BCUT2D eigenvalue weighted by atomic mass is 35.5. The maximum atomic E-state index is 12.0. The van der Waals surface area contributed by atoms with E-state index in [0.717, 1.165) is 31.0 Å². The zero-order valence-electron chi connectivity index (χ0n) is 23.4. The van der Waals surface area contributed by atoms with Crippen molar-refractivity contribution < 1.29 is 14.3 Å². The Hall–Kier alpha value is -3.13. The molecule has 40 heavy (non-hydrogen) atoms. The third kappa shape index (κ3) is 6.12. The van der Waals surface area contributed by atoms with Crippen LogP contribution in [0.2, 0.25) is 5.02 Å². The minimum Gasteiger partial charge on any atom is -0.507 e. The summed E-state index contributed by atoms with van der Waals surface area (Å²) < 4.78 is 11.2. The SMILES string of the molecule is CN(C)CCCN1c2ccccc2Sc2ccc(Cl)cc21.Cc1cc(=O)c2c(O)c3c(cc2o1)OCC(C)CC3. The van der Waals surface area contributed by atoms with Crippen LogP contribution < -0.4 is 15.1 Å². The van der Waals surface area contributed by atoms with E-state index in [0.29, 0.717) is 41.6 Å². The molecular weight excluding hydrogens is 544 g/mol. The predicted molar refractivity (Wildman–Crippen MR) is 164 cm³/mol. The van der Waals surface area contributed by atoms with Crippen molar-refractivity contribution in [2.24, 2.45) is 5.92 Å². The molecular formula is C32H35ClN2O4S. The van der Waals surface area contributed by atoms with Crippen molar-refractivity contribution in [3.63, 3.8) is 0 Å². The number of halogens is 1. The Labute approximate surface area is 244 Å². The summed E-state index contributed by atoms with van der Waals surface area (Å²) in [5, 5.41) is 11.4. The van der Waals surface area contributed by atoms with Gasteiger partial charge < -0.3 is 24.1 Å². The van der Waals surface area contributed by atoms with E-state index in [1.807, 2.05) is 17.8 Å². The molecule has 0 aliphatic carbocycles. The van der Waals surface area contributed by atoms with Crippen molar-refractivity contribution in [1.29, 1.82) is 0 Å². The van der Waals surface area contributed by atoms with E-state index >= 15 is 0 Å². The van der Waals surface area contributed by atoms with Crippen LogP contribution in [0.3, 0.4) is 0 Å². The summed E-state index contributed by atoms with van der Waals surface area (Å²) in [7, 11) is 4.23. The second kappa shape index (κ2) is 12.2. The van der Waals surface area contributed by atoms with Gasteiger partial charge in [0.05, 0.1) is 18.0 Å². The number of phenolic OH excluding ortho intramolecular Hbond substituents is 1. The summed E-state index contributed by atoms with van der Waals surface area (Å²) >= 11 is 8.03. The fourth-order valence-corrected chi connectivity index (χ4v) is 6.35. The molecule has 2 aliphatic rings. The summed E-state index contributed by atoms with van der Waals surface area (Å²) in [6.07, 6.45) is 2.77. The maximum absolute atomic E-state index is 12.0. The number of para-hydroxylation sites is 1. The molecule has 1 aromatic heterocycles. The molecule has 3 aromatic carbocycles. The van der Waals surface area contributed by atoms with Crippen molar-refractivity contribution >= 4 is 45.7 Å². The van der Waals surface area contributed by atoms with Gasteiger partial charge in [-0.25, -0.2) is 0 Å². The molecule has 0 fully saturated rings. The average Bonchev–Trinajstić information content (AvgIpc) is 3.10. The topological polar surface area (TPSA) is 66.2 Å². The predicted octanol–water partition coefficient (Wildman–Crippen LogP) is 7.66.